The van der Waals surface area contributed by atoms with Crippen LogP contribution >= 0.6 is 23.1 Å². The maximum absolute atomic E-state index is 10.7. The molecule has 0 spiro atoms. The molecular formula is C14H19N5O7S4. The molecule has 0 bridgehead atoms. The first-order valence-electron chi connectivity index (χ1n) is 8.24. The summed E-state index contributed by atoms with van der Waals surface area (Å²) in [6.45, 7) is 1.80. The maximum Gasteiger partial charge on any atom is 0.265 e. The molecule has 1 heterocycles. The third-order valence-electron chi connectivity index (χ3n) is 3.34. The van der Waals surface area contributed by atoms with Crippen LogP contribution in [0, 0.1) is 6.92 Å². The number of nitrogens with two attached hydrogens (primary N) is 1. The number of azo groups is 1. The zero-order valence-electron chi connectivity index (χ0n) is 15.6. The van der Waals surface area contributed by atoms with Crippen LogP contribution in [0.1, 0.15) is 12.0 Å². The Morgan fingerprint density at radius 3 is 2.50 bits per heavy atom. The van der Waals surface area contributed by atoms with Gasteiger partial charge in [0, 0.05) is 11.8 Å². The highest BCUT2D eigenvalue weighted by atomic mass is 32.2. The summed E-state index contributed by atoms with van der Waals surface area (Å²) in [5.41, 5.74) is 7.40. The molecular weight excluding hydrogens is 478 g/mol. The van der Waals surface area contributed by atoms with Crippen molar-refractivity contribution in [2.75, 3.05) is 29.6 Å². The van der Waals surface area contributed by atoms with Crippen molar-refractivity contribution < 1.29 is 30.7 Å². The van der Waals surface area contributed by atoms with Crippen molar-refractivity contribution in [2.45, 2.75) is 17.7 Å². The summed E-state index contributed by atoms with van der Waals surface area (Å²) >= 11 is 2.22. The van der Waals surface area contributed by atoms with Crippen LogP contribution in [-0.4, -0.2) is 60.0 Å². The summed E-state index contributed by atoms with van der Waals surface area (Å²) < 4.78 is 66.3. The minimum atomic E-state index is -4.05. The van der Waals surface area contributed by atoms with Crippen molar-refractivity contribution in [2.24, 2.45) is 10.2 Å². The monoisotopic (exact) mass is 497 g/mol. The number of hydrogen-bond acceptors (Lipinski definition) is 12. The van der Waals surface area contributed by atoms with Gasteiger partial charge in [0.1, 0.15) is 5.75 Å². The van der Waals surface area contributed by atoms with E-state index in [2.05, 4.69) is 20.4 Å². The quantitative estimate of drug-likeness (QED) is 0.136. The number of anilines is 1. The van der Waals surface area contributed by atoms with Crippen LogP contribution in [0.4, 0.5) is 16.5 Å². The molecule has 0 atom stereocenters. The van der Waals surface area contributed by atoms with Crippen molar-refractivity contribution in [3.63, 3.8) is 0 Å². The molecule has 2 aromatic rings. The van der Waals surface area contributed by atoms with Crippen LogP contribution in [0.25, 0.3) is 0 Å². The summed E-state index contributed by atoms with van der Waals surface area (Å²) in [4.78, 5) is 0. The van der Waals surface area contributed by atoms with E-state index in [4.69, 9.17) is 19.6 Å². The molecule has 0 saturated carbocycles. The van der Waals surface area contributed by atoms with Crippen molar-refractivity contribution in [1.82, 2.24) is 10.2 Å². The van der Waals surface area contributed by atoms with Crippen LogP contribution < -0.4 is 10.5 Å². The van der Waals surface area contributed by atoms with Crippen LogP contribution in [0.15, 0.2) is 26.7 Å². The molecule has 1 aromatic carbocycles. The Bertz CT molecular complexity index is 1120. The molecule has 0 unspecified atom stereocenters. The fourth-order valence-electron chi connectivity index (χ4n) is 1.99. The number of hydrogen-bond donors (Lipinski definition) is 3. The first-order chi connectivity index (χ1) is 13.9. The number of ether oxygens (including phenoxy) is 1. The molecule has 0 amide bonds. The summed E-state index contributed by atoms with van der Waals surface area (Å²) in [5.74, 6) is -0.401. The molecule has 4 N–H and O–H groups in total. The lowest BCUT2D eigenvalue weighted by molar-refractivity contribution is 0.318. The number of aryl methyl sites for hydroxylation is 1. The Labute approximate surface area is 181 Å². The predicted octanol–water partition coefficient (Wildman–Crippen LogP) is 2.48. The van der Waals surface area contributed by atoms with Gasteiger partial charge in [0.15, 0.2) is 4.34 Å². The predicted molar refractivity (Wildman–Crippen MR) is 113 cm³/mol. The van der Waals surface area contributed by atoms with Crippen molar-refractivity contribution in [1.29, 1.82) is 0 Å². The van der Waals surface area contributed by atoms with Crippen LogP contribution in [0.2, 0.25) is 0 Å². The Morgan fingerprint density at radius 1 is 1.13 bits per heavy atom. The van der Waals surface area contributed by atoms with E-state index < -0.39 is 31.7 Å². The highest BCUT2D eigenvalue weighted by Crippen LogP contribution is 2.33. The smallest absolute Gasteiger partial charge is 0.265 e. The Hall–Kier alpha value is -1.85. The lowest BCUT2D eigenvalue weighted by Gasteiger charge is -2.10. The maximum atomic E-state index is 10.7. The summed E-state index contributed by atoms with van der Waals surface area (Å²) in [5, 5.41) is 16.0. The van der Waals surface area contributed by atoms with E-state index in [0.29, 0.717) is 27.0 Å². The summed E-state index contributed by atoms with van der Waals surface area (Å²) in [6.07, 6.45) is 0.0891. The van der Waals surface area contributed by atoms with Crippen molar-refractivity contribution in [3.8, 4) is 5.75 Å². The second-order valence-corrected chi connectivity index (χ2v) is 11.3. The number of aromatic nitrogens is 2. The number of rotatable bonds is 11. The minimum absolute atomic E-state index is 0.0319. The van der Waals surface area contributed by atoms with Crippen LogP contribution in [0.5, 0.6) is 5.75 Å². The fraction of sp³-hybridized carbons (Fsp3) is 0.429. The van der Waals surface area contributed by atoms with Gasteiger partial charge < -0.3 is 10.5 Å². The number of thioether (sulfide) groups is 1. The molecule has 16 heteroatoms. The van der Waals surface area contributed by atoms with E-state index in [1.54, 1.807) is 19.1 Å². The molecule has 0 fully saturated rings. The average molecular weight is 498 g/mol. The standard InChI is InChI=1S/C14H19N5O7S4/c1-9-7-10(15)12(26-3-2-5-29(20,21)22)8-11(9)16-17-13-18-19-14(28-13)27-4-6-30(23,24)25/h7-8H,2-6,15H2,1H3,(H,20,21,22)(H,23,24,25). The average Bonchev–Trinajstić information content (AvgIpc) is 3.05. The van der Waals surface area contributed by atoms with E-state index in [9.17, 15) is 16.8 Å². The first-order valence-corrected chi connectivity index (χ1v) is 13.3. The zero-order chi connectivity index (χ0) is 22.4. The third-order valence-corrected chi connectivity index (χ3v) is 7.06. The number of benzene rings is 1. The van der Waals surface area contributed by atoms with Gasteiger partial charge in [0.2, 0.25) is 0 Å². The molecule has 166 valence electrons. The largest absolute Gasteiger partial charge is 0.491 e. The SMILES string of the molecule is Cc1cc(N)c(OCCCS(=O)(=O)O)cc1N=Nc1nnc(SCCS(=O)(=O)O)s1. The number of nitrogen functional groups attached to an aromatic ring is 1. The second kappa shape index (κ2) is 10.5. The molecule has 0 saturated heterocycles. The topological polar surface area (TPSA) is 194 Å². The second-order valence-electron chi connectivity index (χ2n) is 5.85. The molecule has 0 radical (unpaired) electrons. The van der Waals surface area contributed by atoms with E-state index in [-0.39, 0.29) is 23.9 Å². The fourth-order valence-corrected chi connectivity index (χ4v) is 5.03. The lowest BCUT2D eigenvalue weighted by atomic mass is 10.1. The first kappa shape index (κ1) is 24.4. The van der Waals surface area contributed by atoms with Gasteiger partial charge in [-0.05, 0) is 25.0 Å². The van der Waals surface area contributed by atoms with E-state index >= 15 is 0 Å². The van der Waals surface area contributed by atoms with Gasteiger partial charge >= 0.3 is 0 Å². The van der Waals surface area contributed by atoms with Gasteiger partial charge in [-0.15, -0.1) is 20.4 Å². The van der Waals surface area contributed by atoms with Gasteiger partial charge in [-0.2, -0.15) is 16.8 Å². The molecule has 30 heavy (non-hydrogen) atoms. The van der Waals surface area contributed by atoms with Gasteiger partial charge in [-0.1, -0.05) is 23.1 Å². The minimum Gasteiger partial charge on any atom is -0.491 e. The Morgan fingerprint density at radius 2 is 1.83 bits per heavy atom. The molecule has 0 aliphatic rings. The zero-order valence-corrected chi connectivity index (χ0v) is 18.9. The highest BCUT2D eigenvalue weighted by molar-refractivity contribution is 8.01. The molecule has 0 aliphatic carbocycles. The lowest BCUT2D eigenvalue weighted by Crippen LogP contribution is -2.09. The van der Waals surface area contributed by atoms with E-state index in [1.165, 1.54) is 0 Å². The van der Waals surface area contributed by atoms with Crippen molar-refractivity contribution >= 4 is 59.8 Å². The van der Waals surface area contributed by atoms with Gasteiger partial charge in [-0.3, -0.25) is 9.11 Å². The summed E-state index contributed by atoms with van der Waals surface area (Å²) in [7, 11) is -8.09. The van der Waals surface area contributed by atoms with E-state index in [1.807, 2.05) is 0 Å². The highest BCUT2D eigenvalue weighted by Gasteiger charge is 2.10. The Balaban J connectivity index is 2.01. The number of nitrogens with zero attached hydrogens (tertiary/aromatic N) is 4. The third kappa shape index (κ3) is 8.88. The Kier molecular flexibility index (Phi) is 8.51. The van der Waals surface area contributed by atoms with Crippen LogP contribution in [-0.2, 0) is 20.2 Å². The van der Waals surface area contributed by atoms with Gasteiger partial charge in [0.05, 0.1) is 29.5 Å². The van der Waals surface area contributed by atoms with Gasteiger partial charge in [-0.25, -0.2) is 0 Å². The molecule has 12 nitrogen and oxygen atoms in total. The molecule has 0 aliphatic heterocycles. The normalized spacial score (nSPS) is 12.5. The van der Waals surface area contributed by atoms with E-state index in [0.717, 1.165) is 23.1 Å². The van der Waals surface area contributed by atoms with Gasteiger partial charge in [0.25, 0.3) is 25.4 Å². The summed E-state index contributed by atoms with van der Waals surface area (Å²) in [6, 6.07) is 3.17. The van der Waals surface area contributed by atoms with Crippen LogP contribution in [0.3, 0.4) is 0 Å². The van der Waals surface area contributed by atoms with Crippen molar-refractivity contribution in [3.05, 3.63) is 17.7 Å². The molecule has 2 rings (SSSR count). The molecule has 1 aromatic heterocycles.